The Hall–Kier alpha value is -1.73. The van der Waals surface area contributed by atoms with Crippen molar-refractivity contribution in [1.29, 1.82) is 0 Å². The summed E-state index contributed by atoms with van der Waals surface area (Å²) in [6.45, 7) is 4.13. The Morgan fingerprint density at radius 1 is 1.22 bits per heavy atom. The van der Waals surface area contributed by atoms with E-state index in [2.05, 4.69) is 17.2 Å². The van der Waals surface area contributed by atoms with Gasteiger partial charge in [0.1, 0.15) is 10.8 Å². The number of hydrogen-bond acceptors (Lipinski definition) is 5. The second-order valence-electron chi connectivity index (χ2n) is 7.48. The maximum absolute atomic E-state index is 12.4. The number of aryl methyl sites for hydroxylation is 1. The summed E-state index contributed by atoms with van der Waals surface area (Å²) in [5.74, 6) is -0.680. The van der Waals surface area contributed by atoms with Crippen LogP contribution in [0.4, 0.5) is 0 Å². The van der Waals surface area contributed by atoms with Crippen LogP contribution in [0.3, 0.4) is 0 Å². The zero-order chi connectivity index (χ0) is 19.4. The molecule has 3 rings (SSSR count). The lowest BCUT2D eigenvalue weighted by Crippen LogP contribution is -2.43. The lowest BCUT2D eigenvalue weighted by Gasteiger charge is -2.29. The van der Waals surface area contributed by atoms with Crippen molar-refractivity contribution in [3.63, 3.8) is 0 Å². The first-order valence-corrected chi connectivity index (χ1v) is 12.0. The van der Waals surface area contributed by atoms with Crippen LogP contribution in [0.1, 0.15) is 43.9 Å². The van der Waals surface area contributed by atoms with E-state index in [1.165, 1.54) is 17.8 Å². The summed E-state index contributed by atoms with van der Waals surface area (Å²) >= 11 is 1.42. The number of carbonyl (C=O) groups is 1. The van der Waals surface area contributed by atoms with E-state index < -0.39 is 21.5 Å². The van der Waals surface area contributed by atoms with Crippen LogP contribution in [-0.4, -0.2) is 31.1 Å². The molecule has 0 saturated heterocycles. The molecule has 1 amide bonds. The van der Waals surface area contributed by atoms with E-state index in [1.807, 2.05) is 31.2 Å². The van der Waals surface area contributed by atoms with Gasteiger partial charge in [-0.25, -0.2) is 13.4 Å². The van der Waals surface area contributed by atoms with Crippen LogP contribution in [0.25, 0.3) is 10.6 Å². The molecule has 0 aliphatic heterocycles. The average molecular weight is 407 g/mol. The van der Waals surface area contributed by atoms with E-state index in [4.69, 9.17) is 0 Å². The van der Waals surface area contributed by atoms with Crippen LogP contribution in [0.15, 0.2) is 29.6 Å². The Morgan fingerprint density at radius 2 is 1.93 bits per heavy atom. The zero-order valence-corrected chi connectivity index (χ0v) is 17.4. The van der Waals surface area contributed by atoms with E-state index in [0.717, 1.165) is 35.4 Å². The number of carbonyl (C=O) groups excluding carboxylic acids is 1. The molecule has 7 heteroatoms. The van der Waals surface area contributed by atoms with Gasteiger partial charge in [0.2, 0.25) is 5.91 Å². The minimum absolute atomic E-state index is 0.0915. The predicted molar refractivity (Wildman–Crippen MR) is 109 cm³/mol. The van der Waals surface area contributed by atoms with Crippen LogP contribution in [0, 0.1) is 12.8 Å². The van der Waals surface area contributed by atoms with Crippen LogP contribution in [0.5, 0.6) is 0 Å². The Labute approximate surface area is 165 Å². The summed E-state index contributed by atoms with van der Waals surface area (Å²) < 4.78 is 24.9. The number of rotatable bonds is 6. The SMILES string of the molecule is Cc1ccc(-c2nc(CS(=O)(=O)CC(=O)N[C@@H]3CCCC[C@@H]3C)cs2)cc1. The minimum Gasteiger partial charge on any atom is -0.352 e. The topological polar surface area (TPSA) is 76.1 Å². The smallest absolute Gasteiger partial charge is 0.235 e. The van der Waals surface area contributed by atoms with Crippen LogP contribution in [-0.2, 0) is 20.4 Å². The van der Waals surface area contributed by atoms with Gasteiger partial charge in [-0.05, 0) is 25.7 Å². The second kappa shape index (κ2) is 8.52. The minimum atomic E-state index is -3.55. The van der Waals surface area contributed by atoms with Crippen molar-refractivity contribution in [2.24, 2.45) is 5.92 Å². The zero-order valence-electron chi connectivity index (χ0n) is 15.8. The van der Waals surface area contributed by atoms with E-state index in [0.29, 0.717) is 11.6 Å². The molecular weight excluding hydrogens is 380 g/mol. The summed E-state index contributed by atoms with van der Waals surface area (Å²) in [4.78, 5) is 16.7. The van der Waals surface area contributed by atoms with E-state index in [1.54, 1.807) is 5.38 Å². The highest BCUT2D eigenvalue weighted by molar-refractivity contribution is 7.91. The van der Waals surface area contributed by atoms with Gasteiger partial charge in [-0.3, -0.25) is 4.79 Å². The van der Waals surface area contributed by atoms with Crippen molar-refractivity contribution in [3.05, 3.63) is 40.9 Å². The van der Waals surface area contributed by atoms with Crippen molar-refractivity contribution in [1.82, 2.24) is 10.3 Å². The molecule has 146 valence electrons. The highest BCUT2D eigenvalue weighted by Gasteiger charge is 2.25. The molecule has 1 saturated carbocycles. The van der Waals surface area contributed by atoms with Gasteiger partial charge in [-0.15, -0.1) is 11.3 Å². The third kappa shape index (κ3) is 5.62. The third-order valence-electron chi connectivity index (χ3n) is 5.03. The number of sulfone groups is 1. The van der Waals surface area contributed by atoms with E-state index in [-0.39, 0.29) is 11.8 Å². The van der Waals surface area contributed by atoms with Crippen molar-refractivity contribution < 1.29 is 13.2 Å². The monoisotopic (exact) mass is 406 g/mol. The summed E-state index contributed by atoms with van der Waals surface area (Å²) in [5, 5.41) is 5.46. The van der Waals surface area contributed by atoms with Crippen molar-refractivity contribution in [3.8, 4) is 10.6 Å². The molecule has 0 spiro atoms. The van der Waals surface area contributed by atoms with Gasteiger partial charge >= 0.3 is 0 Å². The van der Waals surface area contributed by atoms with Gasteiger partial charge < -0.3 is 5.32 Å². The number of amides is 1. The van der Waals surface area contributed by atoms with Crippen molar-refractivity contribution >= 4 is 27.1 Å². The molecule has 0 unspecified atom stereocenters. The van der Waals surface area contributed by atoms with E-state index >= 15 is 0 Å². The van der Waals surface area contributed by atoms with Gasteiger partial charge in [0.15, 0.2) is 9.84 Å². The number of aromatic nitrogens is 1. The summed E-state index contributed by atoms with van der Waals surface area (Å²) in [7, 11) is -3.55. The Balaban J connectivity index is 1.59. The summed E-state index contributed by atoms with van der Waals surface area (Å²) in [6, 6.07) is 8.05. The second-order valence-corrected chi connectivity index (χ2v) is 10.4. The first-order valence-electron chi connectivity index (χ1n) is 9.33. The first kappa shape index (κ1) is 20.0. The molecule has 0 bridgehead atoms. The Bertz CT molecular complexity index is 888. The molecule has 2 atom stereocenters. The Morgan fingerprint density at radius 3 is 2.63 bits per heavy atom. The average Bonchev–Trinajstić information content (AvgIpc) is 3.04. The van der Waals surface area contributed by atoms with Crippen LogP contribution >= 0.6 is 11.3 Å². The Kier molecular flexibility index (Phi) is 6.32. The van der Waals surface area contributed by atoms with Crippen LogP contribution in [0.2, 0.25) is 0 Å². The number of hydrogen-bond donors (Lipinski definition) is 1. The normalized spacial score (nSPS) is 20.4. The largest absolute Gasteiger partial charge is 0.352 e. The highest BCUT2D eigenvalue weighted by atomic mass is 32.2. The molecular formula is C20H26N2O3S2. The molecule has 1 aliphatic rings. The molecule has 5 nitrogen and oxygen atoms in total. The van der Waals surface area contributed by atoms with Gasteiger partial charge in [-0.2, -0.15) is 0 Å². The third-order valence-corrected chi connectivity index (χ3v) is 7.40. The van der Waals surface area contributed by atoms with Gasteiger partial charge in [0.25, 0.3) is 0 Å². The molecule has 1 fully saturated rings. The summed E-state index contributed by atoms with van der Waals surface area (Å²) in [6.07, 6.45) is 4.28. The lowest BCUT2D eigenvalue weighted by molar-refractivity contribution is -0.119. The maximum Gasteiger partial charge on any atom is 0.235 e. The molecule has 0 radical (unpaired) electrons. The standard InChI is InChI=1S/C20H26N2O3S2/c1-14-7-9-16(10-8-14)20-21-17(11-26-20)12-27(24,25)13-19(23)22-18-6-4-3-5-15(18)2/h7-11,15,18H,3-6,12-13H2,1-2H3,(H,22,23)/t15-,18+/m0/s1. The fourth-order valence-electron chi connectivity index (χ4n) is 3.46. The molecule has 1 aromatic carbocycles. The molecule has 1 N–H and O–H groups in total. The maximum atomic E-state index is 12.4. The molecule has 1 heterocycles. The number of thiazole rings is 1. The van der Waals surface area contributed by atoms with E-state index in [9.17, 15) is 13.2 Å². The van der Waals surface area contributed by atoms with Crippen LogP contribution < -0.4 is 5.32 Å². The quantitative estimate of drug-likeness (QED) is 0.793. The van der Waals surface area contributed by atoms with Crippen molar-refractivity contribution in [2.75, 3.05) is 5.75 Å². The summed E-state index contributed by atoms with van der Waals surface area (Å²) in [5.41, 5.74) is 2.63. The molecule has 27 heavy (non-hydrogen) atoms. The number of benzene rings is 1. The van der Waals surface area contributed by atoms with Gasteiger partial charge in [-0.1, -0.05) is 49.6 Å². The molecule has 2 aromatic rings. The highest BCUT2D eigenvalue weighted by Crippen LogP contribution is 2.25. The van der Waals surface area contributed by atoms with Gasteiger partial charge in [0.05, 0.1) is 11.4 Å². The van der Waals surface area contributed by atoms with Gasteiger partial charge in [0, 0.05) is 17.0 Å². The predicted octanol–water partition coefficient (Wildman–Crippen LogP) is 3.73. The lowest BCUT2D eigenvalue weighted by atomic mass is 9.86. The number of nitrogens with zero attached hydrogens (tertiary/aromatic N) is 1. The number of nitrogens with one attached hydrogen (secondary N) is 1. The molecule has 1 aromatic heterocycles. The first-order chi connectivity index (χ1) is 12.8. The molecule has 1 aliphatic carbocycles. The fourth-order valence-corrected chi connectivity index (χ4v) is 5.57. The van der Waals surface area contributed by atoms with Crippen molar-refractivity contribution in [2.45, 2.75) is 51.3 Å². The fraction of sp³-hybridized carbons (Fsp3) is 0.500.